The molecule has 6 heteroatoms. The van der Waals surface area contributed by atoms with Gasteiger partial charge in [0.15, 0.2) is 0 Å². The number of nitrogens with zero attached hydrogens (tertiary/aromatic N) is 1. The maximum atomic E-state index is 13.2. The quantitative estimate of drug-likeness (QED) is 0.822. The van der Waals surface area contributed by atoms with Gasteiger partial charge in [0, 0.05) is 30.6 Å². The molecule has 2 saturated carbocycles. The summed E-state index contributed by atoms with van der Waals surface area (Å²) in [5, 5.41) is 6.87. The minimum atomic E-state index is -0.463. The van der Waals surface area contributed by atoms with Crippen molar-refractivity contribution in [1.29, 1.82) is 0 Å². The van der Waals surface area contributed by atoms with E-state index in [-0.39, 0.29) is 17.7 Å². The van der Waals surface area contributed by atoms with Crippen molar-refractivity contribution in [1.82, 2.24) is 10.2 Å². The smallest absolute Gasteiger partial charge is 0.257 e. The molecule has 1 saturated heterocycles. The SMILES string of the molecule is Cc1oc(C2CC2)cc1C(=O)N1C[C@H]2CC[C@]3(NC(=O)c4ccccc4N3)[C@H]2C1. The fourth-order valence-corrected chi connectivity index (χ4v) is 5.59. The van der Waals surface area contributed by atoms with E-state index in [0.717, 1.165) is 49.4 Å². The van der Waals surface area contributed by atoms with Gasteiger partial charge in [-0.05, 0) is 56.7 Å². The number of fused-ring (bicyclic) bond motifs is 3. The maximum Gasteiger partial charge on any atom is 0.257 e. The van der Waals surface area contributed by atoms with Gasteiger partial charge in [0.2, 0.25) is 0 Å². The molecule has 2 aliphatic heterocycles. The largest absolute Gasteiger partial charge is 0.465 e. The summed E-state index contributed by atoms with van der Waals surface area (Å²) in [6.07, 6.45) is 4.20. The van der Waals surface area contributed by atoms with Crippen LogP contribution in [0.1, 0.15) is 63.8 Å². The number of aryl methyl sites for hydroxylation is 1. The molecule has 1 spiro atoms. The minimum absolute atomic E-state index is 0.0236. The van der Waals surface area contributed by atoms with Gasteiger partial charge in [-0.1, -0.05) is 12.1 Å². The van der Waals surface area contributed by atoms with E-state index in [2.05, 4.69) is 10.6 Å². The second-order valence-electron chi connectivity index (χ2n) is 9.10. The molecular formula is C23H25N3O3. The van der Waals surface area contributed by atoms with E-state index in [0.29, 0.717) is 29.5 Å². The molecule has 2 N–H and O–H groups in total. The molecule has 1 aromatic heterocycles. The number of amides is 2. The van der Waals surface area contributed by atoms with Crippen LogP contribution in [-0.4, -0.2) is 35.5 Å². The minimum Gasteiger partial charge on any atom is -0.465 e. The molecule has 3 heterocycles. The van der Waals surface area contributed by atoms with Crippen LogP contribution in [-0.2, 0) is 0 Å². The maximum absolute atomic E-state index is 13.2. The lowest BCUT2D eigenvalue weighted by Crippen LogP contribution is -2.61. The van der Waals surface area contributed by atoms with Crippen molar-refractivity contribution in [3.8, 4) is 0 Å². The number of carbonyl (C=O) groups excluding carboxylic acids is 2. The molecule has 0 unspecified atom stereocenters. The Balaban J connectivity index is 1.25. The first-order valence-corrected chi connectivity index (χ1v) is 10.6. The Hall–Kier alpha value is -2.76. The van der Waals surface area contributed by atoms with E-state index in [1.165, 1.54) is 0 Å². The van der Waals surface area contributed by atoms with E-state index in [1.54, 1.807) is 0 Å². The number of likely N-dealkylation sites (tertiary alicyclic amines) is 1. The number of nitrogens with one attached hydrogen (secondary N) is 2. The third-order valence-electron chi connectivity index (χ3n) is 7.28. The summed E-state index contributed by atoms with van der Waals surface area (Å²) in [6.45, 7) is 3.29. The van der Waals surface area contributed by atoms with E-state index >= 15 is 0 Å². The fourth-order valence-electron chi connectivity index (χ4n) is 5.59. The zero-order valence-corrected chi connectivity index (χ0v) is 16.5. The van der Waals surface area contributed by atoms with Gasteiger partial charge in [0.1, 0.15) is 17.2 Å². The second kappa shape index (κ2) is 5.88. The first-order valence-electron chi connectivity index (χ1n) is 10.6. The van der Waals surface area contributed by atoms with Gasteiger partial charge in [-0.2, -0.15) is 0 Å². The molecule has 29 heavy (non-hydrogen) atoms. The Kier molecular flexibility index (Phi) is 3.47. The zero-order chi connectivity index (χ0) is 19.8. The van der Waals surface area contributed by atoms with Gasteiger partial charge in [-0.3, -0.25) is 9.59 Å². The van der Waals surface area contributed by atoms with Crippen molar-refractivity contribution < 1.29 is 14.0 Å². The molecule has 3 fully saturated rings. The normalized spacial score (nSPS) is 30.1. The number of benzene rings is 1. The third-order valence-corrected chi connectivity index (χ3v) is 7.28. The van der Waals surface area contributed by atoms with Crippen LogP contribution in [0, 0.1) is 18.8 Å². The van der Waals surface area contributed by atoms with E-state index in [4.69, 9.17) is 4.42 Å². The number of para-hydroxylation sites is 1. The Morgan fingerprint density at radius 3 is 2.83 bits per heavy atom. The lowest BCUT2D eigenvalue weighted by Gasteiger charge is -2.42. The highest BCUT2D eigenvalue weighted by Crippen LogP contribution is 2.48. The highest BCUT2D eigenvalue weighted by Gasteiger charge is 2.55. The number of hydrogen-bond donors (Lipinski definition) is 2. The highest BCUT2D eigenvalue weighted by molar-refractivity contribution is 6.02. The van der Waals surface area contributed by atoms with Crippen LogP contribution in [0.15, 0.2) is 34.7 Å². The lowest BCUT2D eigenvalue weighted by atomic mass is 9.89. The Morgan fingerprint density at radius 1 is 1.17 bits per heavy atom. The van der Waals surface area contributed by atoms with Crippen LogP contribution in [0.2, 0.25) is 0 Å². The predicted octanol–water partition coefficient (Wildman–Crippen LogP) is 3.50. The topological polar surface area (TPSA) is 74.6 Å². The summed E-state index contributed by atoms with van der Waals surface area (Å²) in [7, 11) is 0. The van der Waals surface area contributed by atoms with Crippen molar-refractivity contribution in [2.75, 3.05) is 18.4 Å². The number of hydrogen-bond acceptors (Lipinski definition) is 4. The van der Waals surface area contributed by atoms with Crippen LogP contribution in [0.4, 0.5) is 5.69 Å². The number of carbonyl (C=O) groups is 2. The van der Waals surface area contributed by atoms with Gasteiger partial charge in [-0.25, -0.2) is 0 Å². The molecular weight excluding hydrogens is 366 g/mol. The highest BCUT2D eigenvalue weighted by atomic mass is 16.3. The number of furan rings is 1. The predicted molar refractivity (Wildman–Crippen MR) is 108 cm³/mol. The first-order chi connectivity index (χ1) is 14.0. The molecule has 6 nitrogen and oxygen atoms in total. The molecule has 0 radical (unpaired) electrons. The standard InChI is InChI=1S/C23H25N3O3/c1-13-17(10-20(29-13)14-6-7-14)22(28)26-11-15-8-9-23(18(15)12-26)24-19-5-3-2-4-16(19)21(27)25-23/h2-5,10,14-15,18,24H,6-9,11-12H2,1H3,(H,25,27)/t15-,18+,23+/m1/s1. The van der Waals surface area contributed by atoms with Gasteiger partial charge >= 0.3 is 0 Å². The Labute approximate surface area is 169 Å². The summed E-state index contributed by atoms with van der Waals surface area (Å²) >= 11 is 0. The summed E-state index contributed by atoms with van der Waals surface area (Å²) < 4.78 is 5.86. The van der Waals surface area contributed by atoms with Crippen molar-refractivity contribution in [3.63, 3.8) is 0 Å². The molecule has 3 atom stereocenters. The molecule has 6 rings (SSSR count). The lowest BCUT2D eigenvalue weighted by molar-refractivity contribution is 0.0766. The monoisotopic (exact) mass is 391 g/mol. The summed E-state index contributed by atoms with van der Waals surface area (Å²) in [5.41, 5.74) is 1.82. The van der Waals surface area contributed by atoms with Gasteiger partial charge in [0.05, 0.1) is 11.1 Å². The van der Waals surface area contributed by atoms with Crippen LogP contribution in [0.3, 0.4) is 0 Å². The number of anilines is 1. The zero-order valence-electron chi connectivity index (χ0n) is 16.5. The van der Waals surface area contributed by atoms with Gasteiger partial charge in [-0.15, -0.1) is 0 Å². The van der Waals surface area contributed by atoms with E-state index < -0.39 is 5.66 Å². The van der Waals surface area contributed by atoms with E-state index in [9.17, 15) is 9.59 Å². The molecule has 2 amide bonds. The third kappa shape index (κ3) is 2.54. The average Bonchev–Trinajstić information content (AvgIpc) is 3.23. The summed E-state index contributed by atoms with van der Waals surface area (Å²) in [4.78, 5) is 28.0. The van der Waals surface area contributed by atoms with E-state index in [1.807, 2.05) is 42.2 Å². The van der Waals surface area contributed by atoms with Crippen molar-refractivity contribution >= 4 is 17.5 Å². The average molecular weight is 391 g/mol. The first kappa shape index (κ1) is 17.1. The summed E-state index contributed by atoms with van der Waals surface area (Å²) in [6, 6.07) is 9.61. The Morgan fingerprint density at radius 2 is 2.00 bits per heavy atom. The van der Waals surface area contributed by atoms with Crippen LogP contribution >= 0.6 is 0 Å². The van der Waals surface area contributed by atoms with Crippen LogP contribution in [0.25, 0.3) is 0 Å². The molecule has 2 aromatic rings. The fraction of sp³-hybridized carbons (Fsp3) is 0.478. The van der Waals surface area contributed by atoms with Crippen molar-refractivity contribution in [2.45, 2.75) is 44.2 Å². The molecule has 1 aromatic carbocycles. The molecule has 2 aliphatic carbocycles. The second-order valence-corrected chi connectivity index (χ2v) is 9.10. The molecule has 0 bridgehead atoms. The molecule has 150 valence electrons. The number of rotatable bonds is 2. The molecule has 4 aliphatic rings. The van der Waals surface area contributed by atoms with Crippen molar-refractivity contribution in [3.05, 3.63) is 53.0 Å². The van der Waals surface area contributed by atoms with Gasteiger partial charge < -0.3 is 20.0 Å². The Bertz CT molecular complexity index is 1020. The van der Waals surface area contributed by atoms with Gasteiger partial charge in [0.25, 0.3) is 11.8 Å². The van der Waals surface area contributed by atoms with Crippen LogP contribution < -0.4 is 10.6 Å². The van der Waals surface area contributed by atoms with Crippen LogP contribution in [0.5, 0.6) is 0 Å². The van der Waals surface area contributed by atoms with Crippen molar-refractivity contribution in [2.24, 2.45) is 11.8 Å². The summed E-state index contributed by atoms with van der Waals surface area (Å²) in [5.74, 6) is 2.82.